The fourth-order valence-corrected chi connectivity index (χ4v) is 4.24. The molecule has 6 heteroatoms. The van der Waals surface area contributed by atoms with E-state index in [9.17, 15) is 9.18 Å². The molecule has 5 nitrogen and oxygen atoms in total. The Balaban J connectivity index is 1.47. The Morgan fingerprint density at radius 3 is 2.47 bits per heavy atom. The van der Waals surface area contributed by atoms with E-state index >= 15 is 0 Å². The highest BCUT2D eigenvalue weighted by Crippen LogP contribution is 2.37. The van der Waals surface area contributed by atoms with E-state index in [-0.39, 0.29) is 11.7 Å². The molecule has 0 aliphatic carbocycles. The van der Waals surface area contributed by atoms with Crippen LogP contribution < -0.4 is 16.0 Å². The van der Waals surface area contributed by atoms with E-state index in [1.807, 2.05) is 42.5 Å². The molecule has 1 fully saturated rings. The zero-order valence-electron chi connectivity index (χ0n) is 17.7. The molecule has 3 aromatic rings. The number of piperazine rings is 1. The fourth-order valence-electron chi connectivity index (χ4n) is 4.24. The van der Waals surface area contributed by atoms with Gasteiger partial charge in [0.1, 0.15) is 5.82 Å². The molecule has 0 aromatic heterocycles. The van der Waals surface area contributed by atoms with Crippen molar-refractivity contribution in [3.8, 4) is 0 Å². The van der Waals surface area contributed by atoms with E-state index in [1.165, 1.54) is 17.7 Å². The number of amides is 1. The normalized spacial score (nSPS) is 17.6. The maximum absolute atomic E-state index is 13.7. The molecule has 1 saturated heterocycles. The molecule has 1 amide bonds. The Hall–Kier alpha value is -3.48. The van der Waals surface area contributed by atoms with Gasteiger partial charge in [0.25, 0.3) is 5.91 Å². The van der Waals surface area contributed by atoms with Crippen molar-refractivity contribution in [2.75, 3.05) is 36.8 Å². The van der Waals surface area contributed by atoms with E-state index in [2.05, 4.69) is 33.0 Å². The lowest BCUT2D eigenvalue weighted by Gasteiger charge is -2.27. The van der Waals surface area contributed by atoms with Gasteiger partial charge in [-0.05, 0) is 41.5 Å². The lowest BCUT2D eigenvalue weighted by atomic mass is 10.00. The van der Waals surface area contributed by atoms with Crippen LogP contribution in [0.1, 0.15) is 16.7 Å². The topological polar surface area (TPSA) is 56.4 Å². The summed E-state index contributed by atoms with van der Waals surface area (Å²) in [6, 6.07) is 22.4. The van der Waals surface area contributed by atoms with Crippen molar-refractivity contribution in [2.45, 2.75) is 6.54 Å². The SMILES string of the molecule is O=C1Nc2cc(F)ccc2/C1=C(/Nc1ccc(CN2CCNCC2)cc1)c1ccccc1. The fraction of sp³-hybridized carbons (Fsp3) is 0.192. The van der Waals surface area contributed by atoms with Gasteiger partial charge in [-0.25, -0.2) is 4.39 Å². The van der Waals surface area contributed by atoms with Crippen LogP contribution >= 0.6 is 0 Å². The number of anilines is 2. The van der Waals surface area contributed by atoms with Gasteiger partial charge < -0.3 is 16.0 Å². The quantitative estimate of drug-likeness (QED) is 0.534. The summed E-state index contributed by atoms with van der Waals surface area (Å²) in [5.41, 5.74) is 5.43. The van der Waals surface area contributed by atoms with Crippen LogP contribution in [0, 0.1) is 5.82 Å². The van der Waals surface area contributed by atoms with E-state index in [4.69, 9.17) is 0 Å². The van der Waals surface area contributed by atoms with Crippen LogP contribution in [-0.4, -0.2) is 37.0 Å². The smallest absolute Gasteiger partial charge is 0.258 e. The summed E-state index contributed by atoms with van der Waals surface area (Å²) in [7, 11) is 0. The summed E-state index contributed by atoms with van der Waals surface area (Å²) in [6.07, 6.45) is 0. The Morgan fingerprint density at radius 1 is 0.969 bits per heavy atom. The molecule has 0 radical (unpaired) electrons. The van der Waals surface area contributed by atoms with Gasteiger partial charge in [-0.2, -0.15) is 0 Å². The molecule has 2 heterocycles. The number of hydrogen-bond donors (Lipinski definition) is 3. The zero-order chi connectivity index (χ0) is 21.9. The molecule has 32 heavy (non-hydrogen) atoms. The number of hydrogen-bond acceptors (Lipinski definition) is 4. The van der Waals surface area contributed by atoms with Crippen molar-refractivity contribution >= 4 is 28.6 Å². The highest BCUT2D eigenvalue weighted by atomic mass is 19.1. The summed E-state index contributed by atoms with van der Waals surface area (Å²) in [6.45, 7) is 5.09. The summed E-state index contributed by atoms with van der Waals surface area (Å²) in [5, 5.41) is 9.62. The minimum absolute atomic E-state index is 0.243. The third kappa shape index (κ3) is 4.28. The Labute approximate surface area is 187 Å². The number of carbonyl (C=O) groups is 1. The number of benzene rings is 3. The molecule has 3 N–H and O–H groups in total. The molecule has 162 valence electrons. The molecule has 0 atom stereocenters. The summed E-state index contributed by atoms with van der Waals surface area (Å²) in [5.74, 6) is -0.619. The van der Waals surface area contributed by atoms with Gasteiger partial charge in [0.2, 0.25) is 0 Å². The van der Waals surface area contributed by atoms with Crippen LogP contribution in [0.4, 0.5) is 15.8 Å². The summed E-state index contributed by atoms with van der Waals surface area (Å²) >= 11 is 0. The molecule has 0 spiro atoms. The first-order valence-corrected chi connectivity index (χ1v) is 10.9. The second kappa shape index (κ2) is 8.94. The van der Waals surface area contributed by atoms with E-state index in [0.717, 1.165) is 44.0 Å². The highest BCUT2D eigenvalue weighted by molar-refractivity contribution is 6.37. The van der Waals surface area contributed by atoms with Crippen LogP contribution in [0.5, 0.6) is 0 Å². The first-order valence-electron chi connectivity index (χ1n) is 10.9. The first-order chi connectivity index (χ1) is 15.7. The van der Waals surface area contributed by atoms with Gasteiger partial charge in [0, 0.05) is 44.0 Å². The van der Waals surface area contributed by atoms with Gasteiger partial charge >= 0.3 is 0 Å². The van der Waals surface area contributed by atoms with Crippen LogP contribution in [0.25, 0.3) is 11.3 Å². The number of rotatable bonds is 5. The van der Waals surface area contributed by atoms with Crippen molar-refractivity contribution in [3.63, 3.8) is 0 Å². The Bertz CT molecular complexity index is 1150. The lowest BCUT2D eigenvalue weighted by Crippen LogP contribution is -2.42. The van der Waals surface area contributed by atoms with Crippen molar-refractivity contribution < 1.29 is 9.18 Å². The van der Waals surface area contributed by atoms with Crippen molar-refractivity contribution in [1.29, 1.82) is 0 Å². The monoisotopic (exact) mass is 428 g/mol. The molecular formula is C26H25FN4O. The number of nitrogens with one attached hydrogen (secondary N) is 3. The van der Waals surface area contributed by atoms with E-state index in [0.29, 0.717) is 22.5 Å². The van der Waals surface area contributed by atoms with Crippen LogP contribution in [0.15, 0.2) is 72.8 Å². The summed E-state index contributed by atoms with van der Waals surface area (Å²) < 4.78 is 13.7. The van der Waals surface area contributed by atoms with Gasteiger partial charge in [-0.3, -0.25) is 9.69 Å². The zero-order valence-corrected chi connectivity index (χ0v) is 17.7. The second-order valence-electron chi connectivity index (χ2n) is 8.11. The van der Waals surface area contributed by atoms with Gasteiger partial charge in [-0.15, -0.1) is 0 Å². The van der Waals surface area contributed by atoms with E-state index < -0.39 is 0 Å². The highest BCUT2D eigenvalue weighted by Gasteiger charge is 2.28. The van der Waals surface area contributed by atoms with Crippen LogP contribution in [-0.2, 0) is 11.3 Å². The number of fused-ring (bicyclic) bond motifs is 1. The molecule has 0 bridgehead atoms. The Kier molecular flexibility index (Phi) is 5.71. The molecular weight excluding hydrogens is 403 g/mol. The molecule has 2 aliphatic rings. The third-order valence-corrected chi connectivity index (χ3v) is 5.88. The van der Waals surface area contributed by atoms with Crippen LogP contribution in [0.2, 0.25) is 0 Å². The predicted molar refractivity (Wildman–Crippen MR) is 126 cm³/mol. The minimum Gasteiger partial charge on any atom is -0.354 e. The second-order valence-corrected chi connectivity index (χ2v) is 8.11. The Morgan fingerprint density at radius 2 is 1.72 bits per heavy atom. The average molecular weight is 429 g/mol. The van der Waals surface area contributed by atoms with Crippen molar-refractivity contribution in [2.24, 2.45) is 0 Å². The van der Waals surface area contributed by atoms with Crippen molar-refractivity contribution in [3.05, 3.63) is 95.3 Å². The number of nitrogens with zero attached hydrogens (tertiary/aromatic N) is 1. The van der Waals surface area contributed by atoms with Crippen LogP contribution in [0.3, 0.4) is 0 Å². The first kappa shape index (κ1) is 20.4. The maximum atomic E-state index is 13.7. The third-order valence-electron chi connectivity index (χ3n) is 5.88. The van der Waals surface area contributed by atoms with Crippen molar-refractivity contribution in [1.82, 2.24) is 10.2 Å². The maximum Gasteiger partial charge on any atom is 0.258 e. The molecule has 5 rings (SSSR count). The van der Waals surface area contributed by atoms with Gasteiger partial charge in [0.15, 0.2) is 0 Å². The average Bonchev–Trinajstić information content (AvgIpc) is 3.14. The molecule has 0 saturated carbocycles. The number of carbonyl (C=O) groups excluding carboxylic acids is 1. The van der Waals surface area contributed by atoms with Gasteiger partial charge in [0.05, 0.1) is 17.0 Å². The molecule has 3 aromatic carbocycles. The predicted octanol–water partition coefficient (Wildman–Crippen LogP) is 4.16. The molecule has 2 aliphatic heterocycles. The van der Waals surface area contributed by atoms with E-state index in [1.54, 1.807) is 6.07 Å². The standard InChI is InChI=1S/C26H25FN4O/c27-20-8-11-22-23(16-20)30-26(32)24(22)25(19-4-2-1-3-5-19)29-21-9-6-18(7-10-21)17-31-14-12-28-13-15-31/h1-11,16,28-29H,12-15,17H2,(H,30,32)/b25-24-. The lowest BCUT2D eigenvalue weighted by molar-refractivity contribution is -0.110. The summed E-state index contributed by atoms with van der Waals surface area (Å²) in [4.78, 5) is 15.3. The van der Waals surface area contributed by atoms with Gasteiger partial charge in [-0.1, -0.05) is 42.5 Å². The number of halogens is 1. The minimum atomic E-state index is -0.375. The largest absolute Gasteiger partial charge is 0.354 e. The molecule has 0 unspecified atom stereocenters.